The average Bonchev–Trinajstić information content (AvgIpc) is 1.41. The van der Waals surface area contributed by atoms with Crippen LogP contribution in [0.15, 0.2) is 0 Å². The van der Waals surface area contributed by atoms with Crippen molar-refractivity contribution in [3.8, 4) is 0 Å². The molecule has 0 aromatic heterocycles. The van der Waals surface area contributed by atoms with Gasteiger partial charge in [-0.25, -0.2) is 5.11 Å². The molecule has 0 N–H and O–H groups in total. The molecule has 0 amide bonds. The predicted molar refractivity (Wildman–Crippen MR) is 20.5 cm³/mol. The minimum atomic E-state index is 0. The fraction of sp³-hybridized carbons (Fsp3) is 1.00. The second-order valence-electron chi connectivity index (χ2n) is 1.06. The Morgan fingerprint density at radius 1 is 1.50 bits per heavy atom. The Morgan fingerprint density at radius 3 is 2.00 bits per heavy atom. The van der Waals surface area contributed by atoms with Crippen LogP contribution < -0.4 is 0 Å². The van der Waals surface area contributed by atoms with E-state index in [4.69, 9.17) is 0 Å². The van der Waals surface area contributed by atoms with Crippen LogP contribution in [-0.4, -0.2) is 6.61 Å². The van der Waals surface area contributed by atoms with E-state index in [2.05, 4.69) is 0 Å². The van der Waals surface area contributed by atoms with Crippen LogP contribution in [0.1, 0.15) is 19.8 Å². The molecule has 0 unspecified atom stereocenters. The van der Waals surface area contributed by atoms with E-state index in [1.807, 2.05) is 6.92 Å². The quantitative estimate of drug-likeness (QED) is 0.585. The molecule has 0 saturated heterocycles. The fourth-order valence-electron chi connectivity index (χ4n) is 0.144. The van der Waals surface area contributed by atoms with Crippen molar-refractivity contribution in [3.63, 3.8) is 0 Å². The topological polar surface area (TPSA) is 19.9 Å². The molecule has 35 valence electrons. The number of unbranched alkanes of at least 4 members (excludes halogenated alkanes) is 1. The first kappa shape index (κ1) is 9.96. The standard InChI is InChI=1S/C4H9O.Zr/c1-2-3-4-5;/h2-4H2,1H3;. The molecule has 0 atom stereocenters. The molecule has 0 saturated carbocycles. The summed E-state index contributed by atoms with van der Waals surface area (Å²) in [6, 6.07) is 0. The zero-order valence-electron chi connectivity index (χ0n) is 4.03. The first-order chi connectivity index (χ1) is 2.41. The molecule has 0 rings (SSSR count). The van der Waals surface area contributed by atoms with E-state index in [9.17, 15) is 5.11 Å². The van der Waals surface area contributed by atoms with Gasteiger partial charge < -0.3 is 0 Å². The summed E-state index contributed by atoms with van der Waals surface area (Å²) in [5, 5.41) is 9.53. The van der Waals surface area contributed by atoms with Gasteiger partial charge in [0.05, 0.1) is 6.61 Å². The van der Waals surface area contributed by atoms with Crippen molar-refractivity contribution in [1.29, 1.82) is 0 Å². The van der Waals surface area contributed by atoms with Crippen molar-refractivity contribution in [2.75, 3.05) is 6.61 Å². The summed E-state index contributed by atoms with van der Waals surface area (Å²) in [5.41, 5.74) is 0. The molecular weight excluding hydrogens is 155 g/mol. The summed E-state index contributed by atoms with van der Waals surface area (Å²) in [4.78, 5) is 0. The van der Waals surface area contributed by atoms with Crippen molar-refractivity contribution in [2.45, 2.75) is 19.8 Å². The Bertz CT molecular complexity index is 15.0. The molecule has 0 fully saturated rings. The van der Waals surface area contributed by atoms with Crippen LogP contribution in [0.4, 0.5) is 0 Å². The second kappa shape index (κ2) is 9.28. The molecule has 0 aliphatic heterocycles. The minimum Gasteiger partial charge on any atom is -0.237 e. The molecule has 0 aromatic carbocycles. The normalized spacial score (nSPS) is 7.00. The van der Waals surface area contributed by atoms with E-state index in [1.54, 1.807) is 0 Å². The Balaban J connectivity index is 0. The van der Waals surface area contributed by atoms with E-state index in [-0.39, 0.29) is 32.8 Å². The predicted octanol–water partition coefficient (Wildman–Crippen LogP) is 1.21. The molecule has 0 heterocycles. The first-order valence-corrected chi connectivity index (χ1v) is 2.00. The van der Waals surface area contributed by atoms with Crippen LogP contribution in [-0.2, 0) is 31.3 Å². The summed E-state index contributed by atoms with van der Waals surface area (Å²) in [5.74, 6) is 0. The van der Waals surface area contributed by atoms with Gasteiger partial charge in [0.25, 0.3) is 0 Å². The fourth-order valence-corrected chi connectivity index (χ4v) is 0.144. The van der Waals surface area contributed by atoms with Crippen LogP contribution in [0, 0.1) is 0 Å². The molecule has 6 heavy (non-hydrogen) atoms. The van der Waals surface area contributed by atoms with Crippen molar-refractivity contribution < 1.29 is 31.3 Å². The number of hydrogen-bond donors (Lipinski definition) is 0. The summed E-state index contributed by atoms with van der Waals surface area (Å²) < 4.78 is 0. The van der Waals surface area contributed by atoms with Gasteiger partial charge in [0, 0.05) is 26.2 Å². The zero-order valence-corrected chi connectivity index (χ0v) is 6.49. The maximum absolute atomic E-state index is 9.53. The second-order valence-corrected chi connectivity index (χ2v) is 1.06. The van der Waals surface area contributed by atoms with E-state index in [1.165, 1.54) is 0 Å². The summed E-state index contributed by atoms with van der Waals surface area (Å²) in [6.07, 6.45) is 1.86. The summed E-state index contributed by atoms with van der Waals surface area (Å²) >= 11 is 0. The third kappa shape index (κ3) is 8.85. The number of rotatable bonds is 2. The zero-order chi connectivity index (χ0) is 4.12. The van der Waals surface area contributed by atoms with Crippen molar-refractivity contribution in [1.82, 2.24) is 0 Å². The van der Waals surface area contributed by atoms with Gasteiger partial charge in [-0.05, 0) is 6.42 Å². The summed E-state index contributed by atoms with van der Waals surface area (Å²) in [7, 11) is 0. The van der Waals surface area contributed by atoms with Gasteiger partial charge in [-0.2, -0.15) is 0 Å². The van der Waals surface area contributed by atoms with Crippen LogP contribution in [0.3, 0.4) is 0 Å². The smallest absolute Gasteiger partial charge is 0.0822 e. The largest absolute Gasteiger partial charge is 0.237 e. The molecule has 1 radical (unpaired) electrons. The Kier molecular flexibility index (Phi) is 15.4. The van der Waals surface area contributed by atoms with Gasteiger partial charge in [-0.1, -0.05) is 13.3 Å². The Hall–Kier alpha value is 0.843. The Labute approximate surface area is 57.9 Å². The van der Waals surface area contributed by atoms with Crippen LogP contribution in [0.5, 0.6) is 0 Å². The third-order valence-electron chi connectivity index (χ3n) is 0.498. The molecule has 0 aliphatic rings. The van der Waals surface area contributed by atoms with Gasteiger partial charge >= 0.3 is 0 Å². The number of hydrogen-bond acceptors (Lipinski definition) is 0. The van der Waals surface area contributed by atoms with Crippen LogP contribution in [0.25, 0.3) is 0 Å². The van der Waals surface area contributed by atoms with E-state index in [0.29, 0.717) is 0 Å². The van der Waals surface area contributed by atoms with Gasteiger partial charge in [0.2, 0.25) is 0 Å². The molecule has 1 nitrogen and oxygen atoms in total. The van der Waals surface area contributed by atoms with Crippen molar-refractivity contribution in [2.24, 2.45) is 0 Å². The minimum absolute atomic E-state index is 0. The van der Waals surface area contributed by atoms with Crippen LogP contribution >= 0.6 is 0 Å². The van der Waals surface area contributed by atoms with Crippen LogP contribution in [0.2, 0.25) is 0 Å². The van der Waals surface area contributed by atoms with E-state index in [0.717, 1.165) is 12.8 Å². The van der Waals surface area contributed by atoms with Crippen molar-refractivity contribution >= 4 is 0 Å². The van der Waals surface area contributed by atoms with Gasteiger partial charge in [0.1, 0.15) is 0 Å². The molecule has 0 aromatic rings. The van der Waals surface area contributed by atoms with E-state index >= 15 is 0 Å². The molecule has 0 bridgehead atoms. The van der Waals surface area contributed by atoms with Gasteiger partial charge in [-0.15, -0.1) is 0 Å². The SMILES string of the molecule is CCCC[O].[Zr]. The molecular formula is C4H9OZr. The summed E-state index contributed by atoms with van der Waals surface area (Å²) in [6.45, 7) is 2.11. The first-order valence-electron chi connectivity index (χ1n) is 2.00. The molecule has 2 heteroatoms. The van der Waals surface area contributed by atoms with E-state index < -0.39 is 0 Å². The molecule has 0 aliphatic carbocycles. The molecule has 0 spiro atoms. The maximum atomic E-state index is 9.53. The van der Waals surface area contributed by atoms with Gasteiger partial charge in [-0.3, -0.25) is 0 Å². The third-order valence-corrected chi connectivity index (χ3v) is 0.498. The monoisotopic (exact) mass is 163 g/mol. The Morgan fingerprint density at radius 2 is 2.00 bits per heavy atom. The van der Waals surface area contributed by atoms with Gasteiger partial charge in [0.15, 0.2) is 0 Å². The maximum Gasteiger partial charge on any atom is 0.0822 e. The average molecular weight is 164 g/mol. The van der Waals surface area contributed by atoms with Crippen molar-refractivity contribution in [3.05, 3.63) is 0 Å².